The first-order valence-corrected chi connectivity index (χ1v) is 4.38. The SMILES string of the molecule is CC1(C)OC(CC=O)CS1. The summed E-state index contributed by atoms with van der Waals surface area (Å²) in [5.74, 6) is 0.950. The van der Waals surface area contributed by atoms with Crippen LogP contribution in [0.1, 0.15) is 20.3 Å². The van der Waals surface area contributed by atoms with Gasteiger partial charge < -0.3 is 9.53 Å². The summed E-state index contributed by atoms with van der Waals surface area (Å²) in [6.07, 6.45) is 1.61. The summed E-state index contributed by atoms with van der Waals surface area (Å²) < 4.78 is 5.52. The van der Waals surface area contributed by atoms with Crippen molar-refractivity contribution in [2.45, 2.75) is 31.3 Å². The number of hydrogen-bond donors (Lipinski definition) is 0. The van der Waals surface area contributed by atoms with Gasteiger partial charge in [-0.2, -0.15) is 0 Å². The van der Waals surface area contributed by atoms with Crippen molar-refractivity contribution in [2.24, 2.45) is 0 Å². The zero-order chi connectivity index (χ0) is 7.61. The fourth-order valence-electron chi connectivity index (χ4n) is 0.987. The van der Waals surface area contributed by atoms with E-state index in [1.54, 1.807) is 11.8 Å². The minimum absolute atomic E-state index is 0.0757. The van der Waals surface area contributed by atoms with Crippen molar-refractivity contribution in [3.05, 3.63) is 0 Å². The van der Waals surface area contributed by atoms with E-state index in [0.717, 1.165) is 12.0 Å². The molecule has 3 heteroatoms. The zero-order valence-corrected chi connectivity index (χ0v) is 7.11. The van der Waals surface area contributed by atoms with Crippen molar-refractivity contribution in [1.29, 1.82) is 0 Å². The third-order valence-corrected chi connectivity index (χ3v) is 2.76. The number of aldehydes is 1. The molecule has 1 heterocycles. The zero-order valence-electron chi connectivity index (χ0n) is 6.29. The normalized spacial score (nSPS) is 30.4. The number of carbonyl (C=O) groups is 1. The van der Waals surface area contributed by atoms with E-state index in [0.29, 0.717) is 6.42 Å². The van der Waals surface area contributed by atoms with Crippen LogP contribution in [0.2, 0.25) is 0 Å². The molecule has 0 amide bonds. The van der Waals surface area contributed by atoms with Gasteiger partial charge in [0.25, 0.3) is 0 Å². The molecule has 0 aliphatic carbocycles. The number of ether oxygens (including phenoxy) is 1. The minimum Gasteiger partial charge on any atom is -0.360 e. The van der Waals surface area contributed by atoms with E-state index in [4.69, 9.17) is 4.74 Å². The predicted molar refractivity (Wildman–Crippen MR) is 42.1 cm³/mol. The molecule has 0 bridgehead atoms. The van der Waals surface area contributed by atoms with Gasteiger partial charge in [0.15, 0.2) is 0 Å². The molecule has 0 aromatic rings. The van der Waals surface area contributed by atoms with Gasteiger partial charge in [0.05, 0.1) is 6.10 Å². The molecule has 1 saturated heterocycles. The van der Waals surface area contributed by atoms with Crippen molar-refractivity contribution in [1.82, 2.24) is 0 Å². The predicted octanol–water partition coefficient (Wildman–Crippen LogP) is 1.44. The molecule has 1 aliphatic rings. The average Bonchev–Trinajstić information content (AvgIpc) is 2.12. The van der Waals surface area contributed by atoms with Crippen LogP contribution in [-0.4, -0.2) is 23.1 Å². The summed E-state index contributed by atoms with van der Waals surface area (Å²) >= 11 is 1.77. The van der Waals surface area contributed by atoms with Crippen LogP contribution in [0.4, 0.5) is 0 Å². The molecule has 0 aromatic carbocycles. The van der Waals surface area contributed by atoms with Crippen LogP contribution in [0.15, 0.2) is 0 Å². The standard InChI is InChI=1S/C7H12O2S/c1-7(2)9-6(3-4-8)5-10-7/h4,6H,3,5H2,1-2H3. The van der Waals surface area contributed by atoms with E-state index in [9.17, 15) is 4.79 Å². The second-order valence-corrected chi connectivity index (χ2v) is 4.46. The lowest BCUT2D eigenvalue weighted by molar-refractivity contribution is -0.110. The van der Waals surface area contributed by atoms with Crippen LogP contribution in [0.3, 0.4) is 0 Å². The number of rotatable bonds is 2. The first-order chi connectivity index (χ1) is 4.64. The number of carbonyl (C=O) groups excluding carboxylic acids is 1. The van der Waals surface area contributed by atoms with E-state index in [2.05, 4.69) is 0 Å². The van der Waals surface area contributed by atoms with Crippen LogP contribution in [-0.2, 0) is 9.53 Å². The lowest BCUT2D eigenvalue weighted by Gasteiger charge is -2.16. The van der Waals surface area contributed by atoms with Gasteiger partial charge in [0.1, 0.15) is 11.2 Å². The molecule has 1 aliphatic heterocycles. The summed E-state index contributed by atoms with van der Waals surface area (Å²) in [7, 11) is 0. The highest BCUT2D eigenvalue weighted by molar-refractivity contribution is 8.00. The van der Waals surface area contributed by atoms with Crippen molar-refractivity contribution in [3.8, 4) is 0 Å². The second kappa shape index (κ2) is 2.93. The van der Waals surface area contributed by atoms with Crippen LogP contribution < -0.4 is 0 Å². The third kappa shape index (κ3) is 1.99. The topological polar surface area (TPSA) is 26.3 Å². The first kappa shape index (κ1) is 8.08. The molecular weight excluding hydrogens is 148 g/mol. The summed E-state index contributed by atoms with van der Waals surface area (Å²) in [5.41, 5.74) is 0. The Kier molecular flexibility index (Phi) is 2.36. The highest BCUT2D eigenvalue weighted by atomic mass is 32.2. The fraction of sp³-hybridized carbons (Fsp3) is 0.857. The Morgan fingerprint density at radius 2 is 2.50 bits per heavy atom. The van der Waals surface area contributed by atoms with Crippen LogP contribution >= 0.6 is 11.8 Å². The summed E-state index contributed by atoms with van der Waals surface area (Å²) in [6, 6.07) is 0. The Bertz CT molecular complexity index is 134. The van der Waals surface area contributed by atoms with Crippen molar-refractivity contribution in [3.63, 3.8) is 0 Å². The van der Waals surface area contributed by atoms with Crippen molar-refractivity contribution < 1.29 is 9.53 Å². The van der Waals surface area contributed by atoms with Crippen LogP contribution in [0, 0.1) is 0 Å². The lowest BCUT2D eigenvalue weighted by atomic mass is 10.3. The molecule has 1 rings (SSSR count). The molecular formula is C7H12O2S. The van der Waals surface area contributed by atoms with E-state index < -0.39 is 0 Å². The molecule has 58 valence electrons. The van der Waals surface area contributed by atoms with Gasteiger partial charge in [-0.1, -0.05) is 0 Å². The monoisotopic (exact) mass is 160 g/mol. The van der Waals surface area contributed by atoms with E-state index in [1.165, 1.54) is 0 Å². The van der Waals surface area contributed by atoms with Gasteiger partial charge in [-0.3, -0.25) is 0 Å². The molecule has 1 fully saturated rings. The summed E-state index contributed by atoms with van der Waals surface area (Å²) in [5, 5.41) is 0. The summed E-state index contributed by atoms with van der Waals surface area (Å²) in [4.78, 5) is 10.0. The minimum atomic E-state index is -0.0757. The van der Waals surface area contributed by atoms with Crippen LogP contribution in [0.25, 0.3) is 0 Å². The van der Waals surface area contributed by atoms with Crippen molar-refractivity contribution in [2.75, 3.05) is 5.75 Å². The molecule has 0 saturated carbocycles. The Labute approximate surface area is 65.3 Å². The maximum absolute atomic E-state index is 10.1. The molecule has 10 heavy (non-hydrogen) atoms. The molecule has 0 N–H and O–H groups in total. The molecule has 1 unspecified atom stereocenters. The molecule has 0 aromatic heterocycles. The van der Waals surface area contributed by atoms with E-state index in [1.807, 2.05) is 13.8 Å². The Morgan fingerprint density at radius 3 is 2.90 bits per heavy atom. The largest absolute Gasteiger partial charge is 0.360 e. The molecule has 0 radical (unpaired) electrons. The summed E-state index contributed by atoms with van der Waals surface area (Å²) in [6.45, 7) is 4.06. The van der Waals surface area contributed by atoms with Gasteiger partial charge in [-0.15, -0.1) is 11.8 Å². The van der Waals surface area contributed by atoms with Gasteiger partial charge in [0, 0.05) is 12.2 Å². The van der Waals surface area contributed by atoms with Gasteiger partial charge in [-0.05, 0) is 13.8 Å². The number of thioether (sulfide) groups is 1. The smallest absolute Gasteiger partial charge is 0.122 e. The second-order valence-electron chi connectivity index (χ2n) is 2.85. The van der Waals surface area contributed by atoms with Gasteiger partial charge in [-0.25, -0.2) is 0 Å². The quantitative estimate of drug-likeness (QED) is 0.572. The Morgan fingerprint density at radius 1 is 1.80 bits per heavy atom. The number of hydrogen-bond acceptors (Lipinski definition) is 3. The lowest BCUT2D eigenvalue weighted by Crippen LogP contribution is -2.18. The molecule has 0 spiro atoms. The van der Waals surface area contributed by atoms with Crippen molar-refractivity contribution >= 4 is 18.0 Å². The highest BCUT2D eigenvalue weighted by Gasteiger charge is 2.31. The van der Waals surface area contributed by atoms with Crippen LogP contribution in [0.5, 0.6) is 0 Å². The van der Waals surface area contributed by atoms with Gasteiger partial charge >= 0.3 is 0 Å². The first-order valence-electron chi connectivity index (χ1n) is 3.39. The average molecular weight is 160 g/mol. The van der Waals surface area contributed by atoms with Gasteiger partial charge in [0.2, 0.25) is 0 Å². The van der Waals surface area contributed by atoms with E-state index >= 15 is 0 Å². The third-order valence-electron chi connectivity index (χ3n) is 1.43. The fourth-order valence-corrected chi connectivity index (χ4v) is 1.98. The Balaban J connectivity index is 2.35. The maximum atomic E-state index is 10.1. The molecule has 2 nitrogen and oxygen atoms in total. The Hall–Kier alpha value is -0.0200. The molecule has 1 atom stereocenters. The highest BCUT2D eigenvalue weighted by Crippen LogP contribution is 2.35. The van der Waals surface area contributed by atoms with E-state index in [-0.39, 0.29) is 11.0 Å². The maximum Gasteiger partial charge on any atom is 0.122 e.